The first-order valence-electron chi connectivity index (χ1n) is 8.59. The number of ether oxygens (including phenoxy) is 2. The number of aromatic nitrogens is 3. The summed E-state index contributed by atoms with van der Waals surface area (Å²) in [7, 11) is 1.50. The van der Waals surface area contributed by atoms with Crippen LogP contribution in [0.3, 0.4) is 0 Å². The van der Waals surface area contributed by atoms with Crippen LogP contribution in [0.5, 0.6) is 11.5 Å². The summed E-state index contributed by atoms with van der Waals surface area (Å²) in [5.41, 5.74) is 0.538. The summed E-state index contributed by atoms with van der Waals surface area (Å²) in [6.45, 7) is 2.09. The molecule has 0 spiro atoms. The van der Waals surface area contributed by atoms with Crippen LogP contribution in [-0.2, 0) is 6.54 Å². The van der Waals surface area contributed by atoms with Crippen molar-refractivity contribution >= 4 is 17.5 Å². The molecular formula is C19H21N3O5S. The Hall–Kier alpha value is -2.78. The van der Waals surface area contributed by atoms with Gasteiger partial charge in [-0.15, -0.1) is 10.2 Å². The molecule has 1 N–H and O–H groups in total. The van der Waals surface area contributed by atoms with E-state index in [1.807, 2.05) is 16.7 Å². The number of furan rings is 1. The van der Waals surface area contributed by atoms with E-state index >= 15 is 0 Å². The number of Topliss-reactive ketones (excluding diaryl/α,β-unsaturated/α-hetero) is 1. The first kappa shape index (κ1) is 20.0. The van der Waals surface area contributed by atoms with Gasteiger partial charge >= 0.3 is 0 Å². The van der Waals surface area contributed by atoms with Crippen molar-refractivity contribution in [1.29, 1.82) is 0 Å². The molecule has 0 aliphatic rings. The predicted molar refractivity (Wildman–Crippen MR) is 103 cm³/mol. The smallest absolute Gasteiger partial charge is 0.191 e. The van der Waals surface area contributed by atoms with Crippen molar-refractivity contribution in [1.82, 2.24) is 14.8 Å². The van der Waals surface area contributed by atoms with Crippen LogP contribution < -0.4 is 9.47 Å². The van der Waals surface area contributed by atoms with Gasteiger partial charge in [0.05, 0.1) is 26.0 Å². The largest absolute Gasteiger partial charge is 0.493 e. The van der Waals surface area contributed by atoms with E-state index in [1.54, 1.807) is 30.8 Å². The van der Waals surface area contributed by atoms with E-state index in [-0.39, 0.29) is 12.4 Å². The van der Waals surface area contributed by atoms with E-state index in [9.17, 15) is 9.90 Å². The van der Waals surface area contributed by atoms with E-state index in [2.05, 4.69) is 10.2 Å². The molecule has 3 rings (SSSR count). The lowest BCUT2D eigenvalue weighted by atomic mass is 10.1. The van der Waals surface area contributed by atoms with Crippen molar-refractivity contribution < 1.29 is 23.8 Å². The van der Waals surface area contributed by atoms with E-state index in [1.165, 1.54) is 25.8 Å². The summed E-state index contributed by atoms with van der Waals surface area (Å²) in [5.74, 6) is 2.04. The average molecular weight is 403 g/mol. The molecule has 0 radical (unpaired) electrons. The molecule has 0 saturated carbocycles. The van der Waals surface area contributed by atoms with Crippen LogP contribution in [0, 0.1) is 0 Å². The van der Waals surface area contributed by atoms with Gasteiger partial charge in [-0.25, -0.2) is 0 Å². The van der Waals surface area contributed by atoms with Crippen molar-refractivity contribution in [3.05, 3.63) is 54.2 Å². The Morgan fingerprint density at radius 2 is 2.21 bits per heavy atom. The quantitative estimate of drug-likeness (QED) is 0.407. The Bertz CT molecular complexity index is 910. The zero-order chi connectivity index (χ0) is 19.9. The number of ketones is 1. The molecule has 8 nitrogen and oxygen atoms in total. The molecule has 0 aliphatic heterocycles. The number of carbonyl (C=O) groups is 1. The fourth-order valence-corrected chi connectivity index (χ4v) is 3.27. The molecule has 148 valence electrons. The summed E-state index contributed by atoms with van der Waals surface area (Å²) >= 11 is 1.38. The van der Waals surface area contributed by atoms with Crippen LogP contribution in [0.25, 0.3) is 0 Å². The van der Waals surface area contributed by atoms with Gasteiger partial charge in [-0.3, -0.25) is 4.79 Å². The molecule has 0 bridgehead atoms. The van der Waals surface area contributed by atoms with Crippen molar-refractivity contribution in [3.8, 4) is 11.5 Å². The normalized spacial score (nSPS) is 12.0. The lowest BCUT2D eigenvalue weighted by molar-refractivity contribution is 0.101. The highest BCUT2D eigenvalue weighted by atomic mass is 32.2. The second-order valence-electron chi connectivity index (χ2n) is 6.02. The molecular weight excluding hydrogens is 382 g/mol. The molecule has 1 atom stereocenters. The molecule has 2 aromatic heterocycles. The molecule has 1 unspecified atom stereocenters. The third-order valence-corrected chi connectivity index (χ3v) is 5.02. The topological polar surface area (TPSA) is 99.6 Å². The third-order valence-electron chi connectivity index (χ3n) is 3.89. The second kappa shape index (κ2) is 9.43. The molecule has 0 aliphatic carbocycles. The predicted octanol–water partition coefficient (Wildman–Crippen LogP) is 2.66. The second-order valence-corrected chi connectivity index (χ2v) is 7.01. The highest BCUT2D eigenvalue weighted by Gasteiger charge is 2.14. The molecule has 2 heterocycles. The molecule has 0 fully saturated rings. The van der Waals surface area contributed by atoms with Crippen molar-refractivity contribution in [2.24, 2.45) is 0 Å². The fourth-order valence-electron chi connectivity index (χ4n) is 2.45. The summed E-state index contributed by atoms with van der Waals surface area (Å²) < 4.78 is 18.1. The lowest BCUT2D eigenvalue weighted by Gasteiger charge is -2.14. The van der Waals surface area contributed by atoms with Gasteiger partial charge in [-0.05, 0) is 37.3 Å². The van der Waals surface area contributed by atoms with Gasteiger partial charge < -0.3 is 23.6 Å². The number of rotatable bonds is 10. The number of nitrogens with zero attached hydrogens (tertiary/aromatic N) is 3. The van der Waals surface area contributed by atoms with Gasteiger partial charge in [0.25, 0.3) is 0 Å². The van der Waals surface area contributed by atoms with Crippen LogP contribution in [-0.4, -0.2) is 51.2 Å². The minimum Gasteiger partial charge on any atom is -0.493 e. The zero-order valence-electron chi connectivity index (χ0n) is 15.6. The maximum atomic E-state index is 11.5. The van der Waals surface area contributed by atoms with E-state index in [0.717, 1.165) is 5.76 Å². The zero-order valence-corrected chi connectivity index (χ0v) is 16.4. The SMILES string of the molecule is COc1cc(C(C)=O)ccc1OCC(O)CSc1nncn1Cc1ccco1. The van der Waals surface area contributed by atoms with Gasteiger partial charge in [0.2, 0.25) is 0 Å². The van der Waals surface area contributed by atoms with Crippen LogP contribution in [0.2, 0.25) is 0 Å². The minimum absolute atomic E-state index is 0.0556. The number of carbonyl (C=O) groups excluding carboxylic acids is 1. The first-order chi connectivity index (χ1) is 13.6. The van der Waals surface area contributed by atoms with Gasteiger partial charge in [0, 0.05) is 11.3 Å². The Labute approximate surface area is 166 Å². The maximum absolute atomic E-state index is 11.5. The first-order valence-corrected chi connectivity index (χ1v) is 9.58. The standard InChI is InChI=1S/C19H21N3O5S/c1-13(23)14-5-6-17(18(8-14)25-2)27-10-15(24)11-28-19-21-20-12-22(19)9-16-4-3-7-26-16/h3-8,12,15,24H,9-11H2,1-2H3. The number of hydrogen-bond acceptors (Lipinski definition) is 8. The fraction of sp³-hybridized carbons (Fsp3) is 0.316. The lowest BCUT2D eigenvalue weighted by Crippen LogP contribution is -2.20. The molecule has 0 saturated heterocycles. The molecule has 1 aromatic carbocycles. The Balaban J connectivity index is 1.52. The van der Waals surface area contributed by atoms with Crippen LogP contribution in [0.4, 0.5) is 0 Å². The number of benzene rings is 1. The highest BCUT2D eigenvalue weighted by molar-refractivity contribution is 7.99. The monoisotopic (exact) mass is 403 g/mol. The summed E-state index contributed by atoms with van der Waals surface area (Å²) in [6.07, 6.45) is 2.51. The summed E-state index contributed by atoms with van der Waals surface area (Å²) in [5, 5.41) is 18.9. The molecule has 0 amide bonds. The van der Waals surface area contributed by atoms with Crippen molar-refractivity contribution in [3.63, 3.8) is 0 Å². The van der Waals surface area contributed by atoms with Crippen LogP contribution in [0.15, 0.2) is 52.5 Å². The van der Waals surface area contributed by atoms with Gasteiger partial charge in [-0.1, -0.05) is 11.8 Å². The number of thioether (sulfide) groups is 1. The number of hydrogen-bond donors (Lipinski definition) is 1. The molecule has 3 aromatic rings. The van der Waals surface area contributed by atoms with Gasteiger partial charge in [0.15, 0.2) is 22.4 Å². The van der Waals surface area contributed by atoms with E-state index in [0.29, 0.717) is 34.5 Å². The van der Waals surface area contributed by atoms with Crippen molar-refractivity contribution in [2.45, 2.75) is 24.7 Å². The molecule has 9 heteroatoms. The maximum Gasteiger partial charge on any atom is 0.191 e. The Kier molecular flexibility index (Phi) is 6.72. The number of aliphatic hydroxyl groups is 1. The Morgan fingerprint density at radius 3 is 2.93 bits per heavy atom. The van der Waals surface area contributed by atoms with E-state index in [4.69, 9.17) is 13.9 Å². The Morgan fingerprint density at radius 1 is 1.36 bits per heavy atom. The molecule has 28 heavy (non-hydrogen) atoms. The average Bonchev–Trinajstić information content (AvgIpc) is 3.36. The third kappa shape index (κ3) is 5.14. The van der Waals surface area contributed by atoms with Crippen LogP contribution >= 0.6 is 11.8 Å². The van der Waals surface area contributed by atoms with Crippen molar-refractivity contribution in [2.75, 3.05) is 19.5 Å². The summed E-state index contributed by atoms with van der Waals surface area (Å²) in [6, 6.07) is 8.65. The van der Waals surface area contributed by atoms with Crippen LogP contribution in [0.1, 0.15) is 23.0 Å². The van der Waals surface area contributed by atoms with Gasteiger partial charge in [-0.2, -0.15) is 0 Å². The summed E-state index contributed by atoms with van der Waals surface area (Å²) in [4.78, 5) is 11.5. The van der Waals surface area contributed by atoms with Gasteiger partial charge in [0.1, 0.15) is 18.7 Å². The minimum atomic E-state index is -0.726. The number of aliphatic hydroxyl groups excluding tert-OH is 1. The van der Waals surface area contributed by atoms with E-state index < -0.39 is 6.10 Å². The number of methoxy groups -OCH3 is 1. The highest BCUT2D eigenvalue weighted by Crippen LogP contribution is 2.28.